The summed E-state index contributed by atoms with van der Waals surface area (Å²) in [6.45, 7) is 8.94. The fourth-order valence-electron chi connectivity index (χ4n) is 4.31. The minimum atomic E-state index is -0.663. The zero-order chi connectivity index (χ0) is 25.7. The van der Waals surface area contributed by atoms with Gasteiger partial charge in [-0.1, -0.05) is 12.5 Å². The molecule has 1 saturated heterocycles. The van der Waals surface area contributed by atoms with E-state index in [-0.39, 0.29) is 30.0 Å². The summed E-state index contributed by atoms with van der Waals surface area (Å²) >= 11 is 0. The maximum absolute atomic E-state index is 13.2. The molecule has 0 unspecified atom stereocenters. The first-order chi connectivity index (χ1) is 17.3. The first-order valence-corrected chi connectivity index (χ1v) is 12.4. The minimum Gasteiger partial charge on any atom is -0.491 e. The van der Waals surface area contributed by atoms with Crippen molar-refractivity contribution >= 4 is 41.1 Å². The van der Waals surface area contributed by atoms with Gasteiger partial charge >= 0.3 is 6.03 Å². The molecule has 11 heteroatoms. The Morgan fingerprint density at radius 2 is 1.89 bits per heavy atom. The van der Waals surface area contributed by atoms with Crippen LogP contribution in [-0.2, 0) is 7.05 Å². The summed E-state index contributed by atoms with van der Waals surface area (Å²) in [5, 5.41) is 10.2. The van der Waals surface area contributed by atoms with Crippen LogP contribution in [0, 0.1) is 6.92 Å². The van der Waals surface area contributed by atoms with Gasteiger partial charge in [0.05, 0.1) is 11.8 Å². The number of ether oxygens (including phenoxy) is 2. The quantitative estimate of drug-likeness (QED) is 0.446. The van der Waals surface area contributed by atoms with E-state index in [1.807, 2.05) is 20.8 Å². The number of carbonyl (C=O) groups excluding carboxylic acids is 2. The summed E-state index contributed by atoms with van der Waals surface area (Å²) in [4.78, 5) is 32.7. The highest BCUT2D eigenvalue weighted by atomic mass is 35.5. The number of benzene rings is 1. The van der Waals surface area contributed by atoms with Crippen molar-refractivity contribution < 1.29 is 19.1 Å². The molecule has 3 heterocycles. The van der Waals surface area contributed by atoms with Gasteiger partial charge in [0.2, 0.25) is 5.88 Å². The Morgan fingerprint density at radius 3 is 2.62 bits per heavy atom. The standard InChI is InChI=1S/C26H34N6O4.ClH/c1-17(2)36-20-10-8-9-19(15-20)27-26(34)29-24(33)22-16-21-18(3)30-31(4)23(21)28-25(22)35-14-13-32-11-6-5-7-12-32;/h8-10,15-17H,5-7,11-14H2,1-4H3,(H2,27,29,33,34);1H. The van der Waals surface area contributed by atoms with Crippen molar-refractivity contribution in [1.29, 1.82) is 0 Å². The summed E-state index contributed by atoms with van der Waals surface area (Å²) in [5.74, 6) is 0.202. The predicted octanol–water partition coefficient (Wildman–Crippen LogP) is 4.31. The van der Waals surface area contributed by atoms with Crippen LogP contribution in [0.3, 0.4) is 0 Å². The molecular formula is C26H35ClN6O4. The number of nitrogens with one attached hydrogen (secondary N) is 2. The zero-order valence-electron chi connectivity index (χ0n) is 21.7. The molecule has 1 fully saturated rings. The number of rotatable bonds is 8. The van der Waals surface area contributed by atoms with Crippen LogP contribution in [0.4, 0.5) is 10.5 Å². The summed E-state index contributed by atoms with van der Waals surface area (Å²) in [6, 6.07) is 8.01. The van der Waals surface area contributed by atoms with Crippen molar-refractivity contribution in [3.8, 4) is 11.6 Å². The van der Waals surface area contributed by atoms with E-state index < -0.39 is 11.9 Å². The average molecular weight is 531 g/mol. The first-order valence-electron chi connectivity index (χ1n) is 12.4. The van der Waals surface area contributed by atoms with Gasteiger partial charge in [0.25, 0.3) is 5.91 Å². The maximum Gasteiger partial charge on any atom is 0.326 e. The molecule has 3 amide bonds. The highest BCUT2D eigenvalue weighted by molar-refractivity contribution is 6.10. The van der Waals surface area contributed by atoms with Crippen molar-refractivity contribution in [2.75, 3.05) is 31.6 Å². The second kappa shape index (κ2) is 12.7. The van der Waals surface area contributed by atoms with E-state index >= 15 is 0 Å². The number of amides is 3. The number of piperidine rings is 1. The first kappa shape index (κ1) is 28.2. The molecule has 2 N–H and O–H groups in total. The van der Waals surface area contributed by atoms with Gasteiger partial charge in [0.1, 0.15) is 17.9 Å². The van der Waals surface area contributed by atoms with Crippen LogP contribution in [0.15, 0.2) is 30.3 Å². The van der Waals surface area contributed by atoms with Crippen LogP contribution in [0.2, 0.25) is 0 Å². The normalized spacial score (nSPS) is 13.8. The largest absolute Gasteiger partial charge is 0.491 e. The lowest BCUT2D eigenvalue weighted by Gasteiger charge is -2.26. The van der Waals surface area contributed by atoms with Gasteiger partial charge in [-0.3, -0.25) is 19.7 Å². The summed E-state index contributed by atoms with van der Waals surface area (Å²) < 4.78 is 13.3. The average Bonchev–Trinajstić information content (AvgIpc) is 3.11. The fourth-order valence-corrected chi connectivity index (χ4v) is 4.31. The van der Waals surface area contributed by atoms with Gasteiger partial charge in [-0.15, -0.1) is 12.4 Å². The number of imide groups is 1. The van der Waals surface area contributed by atoms with Crippen molar-refractivity contribution in [3.05, 3.63) is 41.6 Å². The number of hydrogen-bond donors (Lipinski definition) is 2. The number of aromatic nitrogens is 3. The highest BCUT2D eigenvalue weighted by Crippen LogP contribution is 2.25. The number of aryl methyl sites for hydroxylation is 2. The second-order valence-corrected chi connectivity index (χ2v) is 9.27. The number of likely N-dealkylation sites (tertiary alicyclic amines) is 1. The van der Waals surface area contributed by atoms with Crippen LogP contribution in [0.1, 0.15) is 49.2 Å². The highest BCUT2D eigenvalue weighted by Gasteiger charge is 2.21. The number of nitrogens with zero attached hydrogens (tertiary/aromatic N) is 4. The summed E-state index contributed by atoms with van der Waals surface area (Å²) in [6.07, 6.45) is 3.64. The van der Waals surface area contributed by atoms with E-state index in [0.29, 0.717) is 23.7 Å². The van der Waals surface area contributed by atoms with Crippen molar-refractivity contribution in [2.24, 2.45) is 7.05 Å². The molecule has 0 bridgehead atoms. The Kier molecular flexibility index (Phi) is 9.71. The SMILES string of the molecule is Cc1nn(C)c2nc(OCCN3CCCCC3)c(C(=O)NC(=O)Nc3cccc(OC(C)C)c3)cc12.Cl. The maximum atomic E-state index is 13.2. The summed E-state index contributed by atoms with van der Waals surface area (Å²) in [7, 11) is 1.80. The number of fused-ring (bicyclic) bond motifs is 1. The number of pyridine rings is 1. The number of hydrogen-bond acceptors (Lipinski definition) is 7. The van der Waals surface area contributed by atoms with Crippen LogP contribution in [0.25, 0.3) is 11.0 Å². The lowest BCUT2D eigenvalue weighted by atomic mass is 10.1. The monoisotopic (exact) mass is 530 g/mol. The van der Waals surface area contributed by atoms with E-state index in [1.54, 1.807) is 42.1 Å². The molecule has 200 valence electrons. The van der Waals surface area contributed by atoms with Crippen LogP contribution in [0.5, 0.6) is 11.6 Å². The van der Waals surface area contributed by atoms with Gasteiger partial charge in [-0.05, 0) is 64.9 Å². The fraction of sp³-hybridized carbons (Fsp3) is 0.462. The van der Waals surface area contributed by atoms with E-state index in [2.05, 4.69) is 25.6 Å². The van der Waals surface area contributed by atoms with Crippen molar-refractivity contribution in [3.63, 3.8) is 0 Å². The topological polar surface area (TPSA) is 111 Å². The van der Waals surface area contributed by atoms with Crippen LogP contribution < -0.4 is 20.1 Å². The molecule has 10 nitrogen and oxygen atoms in total. The molecule has 1 aromatic carbocycles. The molecule has 0 atom stereocenters. The van der Waals surface area contributed by atoms with E-state index in [1.165, 1.54) is 19.3 Å². The Bertz CT molecular complexity index is 1240. The molecule has 0 spiro atoms. The third kappa shape index (κ3) is 7.33. The molecule has 2 aromatic heterocycles. The van der Waals surface area contributed by atoms with E-state index in [0.717, 1.165) is 30.7 Å². The third-order valence-electron chi connectivity index (χ3n) is 5.99. The van der Waals surface area contributed by atoms with Crippen LogP contribution >= 0.6 is 12.4 Å². The van der Waals surface area contributed by atoms with Crippen molar-refractivity contribution in [1.82, 2.24) is 25.0 Å². The lowest BCUT2D eigenvalue weighted by molar-refractivity contribution is 0.0961. The van der Waals surface area contributed by atoms with Gasteiger partial charge < -0.3 is 14.8 Å². The van der Waals surface area contributed by atoms with Gasteiger partial charge in [0.15, 0.2) is 5.65 Å². The number of halogens is 1. The number of anilines is 1. The molecule has 0 aliphatic carbocycles. The molecule has 1 aliphatic rings. The number of carbonyl (C=O) groups is 2. The Morgan fingerprint density at radius 1 is 1.14 bits per heavy atom. The van der Waals surface area contributed by atoms with Gasteiger partial charge in [0, 0.05) is 30.7 Å². The minimum absolute atomic E-state index is 0. The third-order valence-corrected chi connectivity index (χ3v) is 5.99. The molecule has 1 aliphatic heterocycles. The Hall–Kier alpha value is -3.37. The number of urea groups is 1. The van der Waals surface area contributed by atoms with Gasteiger partial charge in [-0.2, -0.15) is 10.1 Å². The Balaban J connectivity index is 0.00000380. The molecular weight excluding hydrogens is 496 g/mol. The van der Waals surface area contributed by atoms with Crippen LogP contribution in [-0.4, -0.2) is 63.9 Å². The predicted molar refractivity (Wildman–Crippen MR) is 145 cm³/mol. The van der Waals surface area contributed by atoms with Gasteiger partial charge in [-0.25, -0.2) is 4.79 Å². The zero-order valence-corrected chi connectivity index (χ0v) is 22.6. The summed E-state index contributed by atoms with van der Waals surface area (Å²) in [5.41, 5.74) is 2.04. The molecule has 0 saturated carbocycles. The Labute approximate surface area is 223 Å². The second-order valence-electron chi connectivity index (χ2n) is 9.27. The van der Waals surface area contributed by atoms with Crippen molar-refractivity contribution in [2.45, 2.75) is 46.1 Å². The van der Waals surface area contributed by atoms with E-state index in [9.17, 15) is 9.59 Å². The molecule has 37 heavy (non-hydrogen) atoms. The smallest absolute Gasteiger partial charge is 0.326 e. The van der Waals surface area contributed by atoms with E-state index in [4.69, 9.17) is 9.47 Å². The lowest BCUT2D eigenvalue weighted by Crippen LogP contribution is -2.35. The molecule has 4 rings (SSSR count). The molecule has 3 aromatic rings. The molecule has 0 radical (unpaired) electrons.